The maximum atomic E-state index is 5.72. The van der Waals surface area contributed by atoms with Gasteiger partial charge in [-0.15, -0.1) is 0 Å². The number of halogens is 4. The molecule has 68 valence electrons. The normalized spacial score (nSPS) is 9.42. The Morgan fingerprint density at radius 2 is 1.42 bits per heavy atom. The van der Waals surface area contributed by atoms with Gasteiger partial charge in [0.25, 0.3) is 0 Å². The second kappa shape index (κ2) is 4.51. The molecular weight excluding hydrogens is 244 g/mol. The van der Waals surface area contributed by atoms with Gasteiger partial charge in [-0.2, -0.15) is 0 Å². The highest BCUT2D eigenvalue weighted by Gasteiger charge is 2.12. The van der Waals surface area contributed by atoms with Crippen LogP contribution in [0.3, 0.4) is 0 Å². The summed E-state index contributed by atoms with van der Waals surface area (Å²) in [4.78, 5) is 0. The van der Waals surface area contributed by atoms with Crippen LogP contribution in [-0.4, -0.2) is 5.48 Å². The van der Waals surface area contributed by atoms with Crippen LogP contribution in [0.1, 0.15) is 0 Å². The van der Waals surface area contributed by atoms with Crippen molar-refractivity contribution in [3.63, 3.8) is 0 Å². The van der Waals surface area contributed by atoms with Gasteiger partial charge in [-0.25, -0.2) is 0 Å². The van der Waals surface area contributed by atoms with E-state index in [0.717, 1.165) is 0 Å². The Morgan fingerprint density at radius 1 is 0.917 bits per heavy atom. The van der Waals surface area contributed by atoms with Crippen molar-refractivity contribution in [1.82, 2.24) is 0 Å². The minimum absolute atomic E-state index is 0. The maximum Gasteiger partial charge on any atom is 0.149 e. The lowest BCUT2D eigenvalue weighted by molar-refractivity contribution is -0.254. The Hall–Kier alpha value is 0.300. The third-order valence-corrected chi connectivity index (χ3v) is 2.97. The van der Waals surface area contributed by atoms with E-state index < -0.39 is 0 Å². The van der Waals surface area contributed by atoms with Crippen LogP contribution < -0.4 is 5.73 Å². The topological polar surface area (TPSA) is 57.6 Å². The molecule has 0 radical (unpaired) electrons. The molecule has 0 spiro atoms. The molecule has 0 saturated heterocycles. The fraction of sp³-hybridized carbons (Fsp3) is 0. The predicted molar refractivity (Wildman–Crippen MR) is 51.0 cm³/mol. The van der Waals surface area contributed by atoms with E-state index in [4.69, 9.17) is 46.4 Å². The van der Waals surface area contributed by atoms with Crippen molar-refractivity contribution < 1.29 is 11.2 Å². The van der Waals surface area contributed by atoms with Crippen LogP contribution in [-0.2, 0) is 0 Å². The highest BCUT2D eigenvalue weighted by atomic mass is 35.5. The van der Waals surface area contributed by atoms with Crippen molar-refractivity contribution in [3.05, 3.63) is 26.2 Å². The average molecular weight is 249 g/mol. The number of quaternary nitrogens is 1. The zero-order valence-corrected chi connectivity index (χ0v) is 8.77. The minimum atomic E-state index is 0. The summed E-state index contributed by atoms with van der Waals surface area (Å²) in [7, 11) is 0. The fourth-order valence-corrected chi connectivity index (χ4v) is 1.47. The van der Waals surface area contributed by atoms with E-state index in [1.54, 1.807) is 6.07 Å². The van der Waals surface area contributed by atoms with Gasteiger partial charge in [0.1, 0.15) is 10.7 Å². The smallest absolute Gasteiger partial charge is 0.149 e. The maximum absolute atomic E-state index is 5.72. The Labute approximate surface area is 89.5 Å². The van der Waals surface area contributed by atoms with Gasteiger partial charge >= 0.3 is 0 Å². The molecule has 0 fully saturated rings. The molecule has 0 unspecified atom stereocenters. The van der Waals surface area contributed by atoms with Crippen molar-refractivity contribution in [2.24, 2.45) is 0 Å². The molecule has 4 N–H and O–H groups in total. The van der Waals surface area contributed by atoms with E-state index >= 15 is 0 Å². The van der Waals surface area contributed by atoms with Gasteiger partial charge in [0.05, 0.1) is 15.1 Å². The molecule has 0 atom stereocenters. The van der Waals surface area contributed by atoms with E-state index in [1.165, 1.54) is 0 Å². The third kappa shape index (κ3) is 2.16. The zero-order chi connectivity index (χ0) is 8.59. The van der Waals surface area contributed by atoms with Crippen LogP contribution in [0.15, 0.2) is 6.07 Å². The van der Waals surface area contributed by atoms with Crippen molar-refractivity contribution in [3.8, 4) is 0 Å². The van der Waals surface area contributed by atoms with Crippen LogP contribution in [0.5, 0.6) is 0 Å². The van der Waals surface area contributed by atoms with Crippen LogP contribution in [0, 0.1) is 0 Å². The summed E-state index contributed by atoms with van der Waals surface area (Å²) in [6.07, 6.45) is 0. The molecule has 0 aliphatic rings. The average Bonchev–Trinajstić information content (AvgIpc) is 1.97. The second-order valence-electron chi connectivity index (χ2n) is 1.96. The molecule has 0 aromatic heterocycles. The van der Waals surface area contributed by atoms with Crippen molar-refractivity contribution in [2.45, 2.75) is 0 Å². The van der Waals surface area contributed by atoms with Gasteiger partial charge in [-0.05, 0) is 0 Å². The quantitative estimate of drug-likeness (QED) is 0.557. The Balaban J connectivity index is 0.00000121. The first kappa shape index (κ1) is 12.3. The van der Waals surface area contributed by atoms with E-state index in [9.17, 15) is 0 Å². The van der Waals surface area contributed by atoms with Gasteiger partial charge in [0.15, 0.2) is 0 Å². The first-order valence-corrected chi connectivity index (χ1v) is 4.20. The van der Waals surface area contributed by atoms with E-state index in [1.807, 2.05) is 0 Å². The Morgan fingerprint density at radius 3 is 1.92 bits per heavy atom. The molecular formula is C6H5Cl4NO. The molecule has 0 aliphatic heterocycles. The van der Waals surface area contributed by atoms with Crippen LogP contribution in [0.2, 0.25) is 20.1 Å². The van der Waals surface area contributed by atoms with E-state index in [0.29, 0.717) is 15.7 Å². The highest BCUT2D eigenvalue weighted by Crippen LogP contribution is 2.38. The Kier molecular flexibility index (Phi) is 4.62. The SMILES string of the molecule is [NH3+]c1cc(Cl)c(Cl)c(Cl)c1Cl.[OH-]. The summed E-state index contributed by atoms with van der Waals surface area (Å²) in [5, 5.41) is 1.24. The van der Waals surface area contributed by atoms with E-state index in [-0.39, 0.29) is 15.5 Å². The zero-order valence-electron chi connectivity index (χ0n) is 5.74. The molecule has 6 heteroatoms. The molecule has 0 saturated carbocycles. The standard InChI is InChI=1S/C6H3Cl4N.H2O/c7-2-1-3(11)5(9)6(10)4(2)8;/h1H,11H2;1H2. The molecule has 1 rings (SSSR count). The first-order valence-electron chi connectivity index (χ1n) is 2.69. The molecule has 1 aromatic rings. The van der Waals surface area contributed by atoms with Gasteiger partial charge < -0.3 is 11.2 Å². The van der Waals surface area contributed by atoms with E-state index in [2.05, 4.69) is 5.73 Å². The summed E-state index contributed by atoms with van der Waals surface area (Å²) in [6.45, 7) is 0. The lowest BCUT2D eigenvalue weighted by atomic mass is 10.3. The number of rotatable bonds is 0. The fourth-order valence-electron chi connectivity index (χ4n) is 0.622. The van der Waals surface area contributed by atoms with Gasteiger partial charge in [-0.3, -0.25) is 0 Å². The number of benzene rings is 1. The highest BCUT2D eigenvalue weighted by molar-refractivity contribution is 6.52. The molecule has 0 amide bonds. The summed E-state index contributed by atoms with van der Waals surface area (Å²) >= 11 is 22.8. The van der Waals surface area contributed by atoms with Gasteiger partial charge in [0, 0.05) is 6.07 Å². The lowest BCUT2D eigenvalue weighted by Gasteiger charge is -2.01. The second-order valence-corrected chi connectivity index (χ2v) is 3.50. The number of hydrogen-bond acceptors (Lipinski definition) is 1. The summed E-state index contributed by atoms with van der Waals surface area (Å²) in [6, 6.07) is 1.57. The third-order valence-electron chi connectivity index (χ3n) is 1.18. The molecule has 0 heterocycles. The minimum Gasteiger partial charge on any atom is -0.870 e. The van der Waals surface area contributed by atoms with Crippen molar-refractivity contribution in [1.29, 1.82) is 0 Å². The van der Waals surface area contributed by atoms with Crippen LogP contribution in [0.4, 0.5) is 5.69 Å². The summed E-state index contributed by atoms with van der Waals surface area (Å²) < 4.78 is 0. The number of hydrogen-bond donors (Lipinski definition) is 1. The van der Waals surface area contributed by atoms with Crippen molar-refractivity contribution in [2.75, 3.05) is 0 Å². The monoisotopic (exact) mass is 247 g/mol. The van der Waals surface area contributed by atoms with Gasteiger partial charge in [-0.1, -0.05) is 46.4 Å². The largest absolute Gasteiger partial charge is 0.870 e. The molecule has 1 aromatic carbocycles. The van der Waals surface area contributed by atoms with Crippen molar-refractivity contribution >= 4 is 52.1 Å². The van der Waals surface area contributed by atoms with Crippen LogP contribution in [0.25, 0.3) is 0 Å². The first-order chi connectivity index (χ1) is 5.04. The summed E-state index contributed by atoms with van der Waals surface area (Å²) in [5.74, 6) is 0. The molecule has 0 aliphatic carbocycles. The van der Waals surface area contributed by atoms with Crippen LogP contribution >= 0.6 is 46.4 Å². The molecule has 12 heavy (non-hydrogen) atoms. The lowest BCUT2D eigenvalue weighted by Crippen LogP contribution is -2.40. The van der Waals surface area contributed by atoms with Gasteiger partial charge in [0.2, 0.25) is 0 Å². The predicted octanol–water partition coefficient (Wildman–Crippen LogP) is 3.00. The molecule has 2 nitrogen and oxygen atoms in total. The Bertz CT molecular complexity index is 276. The summed E-state index contributed by atoms with van der Waals surface area (Å²) in [5.41, 5.74) is 4.20. The molecule has 0 bridgehead atoms.